The predicted octanol–water partition coefficient (Wildman–Crippen LogP) is 2.66. The molecule has 3 N–H and O–H groups in total. The van der Waals surface area contributed by atoms with Crippen molar-refractivity contribution in [1.82, 2.24) is 5.32 Å². The van der Waals surface area contributed by atoms with Crippen molar-refractivity contribution in [3.8, 4) is 0 Å². The molecule has 0 saturated heterocycles. The minimum Gasteiger partial charge on any atom is -0.391 e. The van der Waals surface area contributed by atoms with E-state index in [9.17, 15) is 14.3 Å². The van der Waals surface area contributed by atoms with Crippen LogP contribution in [0.2, 0.25) is 0 Å². The van der Waals surface area contributed by atoms with Gasteiger partial charge in [-0.3, -0.25) is 0 Å². The number of halogens is 1. The van der Waals surface area contributed by atoms with Gasteiger partial charge in [-0.15, -0.1) is 0 Å². The van der Waals surface area contributed by atoms with E-state index in [-0.39, 0.29) is 12.4 Å². The molecular formula is C14H21FN2O2. The van der Waals surface area contributed by atoms with Gasteiger partial charge in [-0.1, -0.05) is 19.9 Å². The van der Waals surface area contributed by atoms with Crippen LogP contribution < -0.4 is 10.6 Å². The van der Waals surface area contributed by atoms with Crippen LogP contribution in [-0.2, 0) is 0 Å². The monoisotopic (exact) mass is 268 g/mol. The number of carbonyl (C=O) groups is 1. The number of nitrogens with one attached hydrogen (secondary N) is 2. The molecule has 0 aliphatic carbocycles. The maximum atomic E-state index is 13.3. The number of benzene rings is 1. The van der Waals surface area contributed by atoms with Crippen molar-refractivity contribution in [3.05, 3.63) is 29.6 Å². The standard InChI is InChI=1S/C14H21FN2O2/c1-9(2)7-11(18)8-16-14(19)17-13-6-4-5-12(15)10(13)3/h4-6,9,11,18H,7-8H2,1-3H3,(H2,16,17,19). The van der Waals surface area contributed by atoms with Crippen molar-refractivity contribution in [2.45, 2.75) is 33.3 Å². The van der Waals surface area contributed by atoms with Gasteiger partial charge in [0.1, 0.15) is 5.82 Å². The molecule has 0 aliphatic heterocycles. The quantitative estimate of drug-likeness (QED) is 0.769. The van der Waals surface area contributed by atoms with Crippen LogP contribution in [0.4, 0.5) is 14.9 Å². The van der Waals surface area contributed by atoms with Gasteiger partial charge in [0.05, 0.1) is 6.10 Å². The van der Waals surface area contributed by atoms with E-state index in [0.717, 1.165) is 0 Å². The van der Waals surface area contributed by atoms with E-state index in [1.165, 1.54) is 12.1 Å². The van der Waals surface area contributed by atoms with Gasteiger partial charge in [0.2, 0.25) is 0 Å². The summed E-state index contributed by atoms with van der Waals surface area (Å²) in [5.74, 6) is 0.00275. The predicted molar refractivity (Wildman–Crippen MR) is 73.6 cm³/mol. The minimum atomic E-state index is -0.570. The highest BCUT2D eigenvalue weighted by molar-refractivity contribution is 5.90. The van der Waals surface area contributed by atoms with Crippen molar-refractivity contribution in [2.75, 3.05) is 11.9 Å². The lowest BCUT2D eigenvalue weighted by atomic mass is 10.1. The highest BCUT2D eigenvalue weighted by Crippen LogP contribution is 2.17. The first-order valence-corrected chi connectivity index (χ1v) is 6.38. The second-order valence-corrected chi connectivity index (χ2v) is 5.03. The van der Waals surface area contributed by atoms with Gasteiger partial charge in [-0.05, 0) is 31.4 Å². The number of aliphatic hydroxyl groups is 1. The zero-order valence-electron chi connectivity index (χ0n) is 11.5. The summed E-state index contributed by atoms with van der Waals surface area (Å²) >= 11 is 0. The molecule has 0 aromatic heterocycles. The molecule has 1 aromatic carbocycles. The minimum absolute atomic E-state index is 0.179. The van der Waals surface area contributed by atoms with Gasteiger partial charge in [0, 0.05) is 17.8 Å². The molecule has 1 aromatic rings. The third-order valence-electron chi connectivity index (χ3n) is 2.76. The second kappa shape index (κ2) is 7.09. The lowest BCUT2D eigenvalue weighted by molar-refractivity contribution is 0.148. The fourth-order valence-corrected chi connectivity index (χ4v) is 1.75. The number of rotatable bonds is 5. The van der Waals surface area contributed by atoms with E-state index >= 15 is 0 Å². The maximum absolute atomic E-state index is 13.3. The maximum Gasteiger partial charge on any atom is 0.319 e. The normalized spacial score (nSPS) is 12.3. The Morgan fingerprint density at radius 1 is 1.42 bits per heavy atom. The molecular weight excluding hydrogens is 247 g/mol. The molecule has 106 valence electrons. The molecule has 5 heteroatoms. The molecule has 0 bridgehead atoms. The largest absolute Gasteiger partial charge is 0.391 e. The van der Waals surface area contributed by atoms with Crippen LogP contribution in [0.3, 0.4) is 0 Å². The van der Waals surface area contributed by atoms with E-state index in [1.54, 1.807) is 13.0 Å². The summed E-state index contributed by atoms with van der Waals surface area (Å²) in [6.45, 7) is 5.77. The summed E-state index contributed by atoms with van der Waals surface area (Å²) < 4.78 is 13.3. The number of urea groups is 1. The highest BCUT2D eigenvalue weighted by atomic mass is 19.1. The van der Waals surface area contributed by atoms with Gasteiger partial charge >= 0.3 is 6.03 Å². The Balaban J connectivity index is 2.45. The Hall–Kier alpha value is -1.62. The third kappa shape index (κ3) is 5.26. The summed E-state index contributed by atoms with van der Waals surface area (Å²) in [4.78, 5) is 11.6. The van der Waals surface area contributed by atoms with Gasteiger partial charge < -0.3 is 15.7 Å². The average molecular weight is 268 g/mol. The average Bonchev–Trinajstić information content (AvgIpc) is 2.32. The van der Waals surface area contributed by atoms with Crippen LogP contribution in [0.1, 0.15) is 25.8 Å². The molecule has 1 atom stereocenters. The molecule has 1 rings (SSSR count). The summed E-state index contributed by atoms with van der Waals surface area (Å²) in [6, 6.07) is 4.05. The van der Waals surface area contributed by atoms with E-state index < -0.39 is 12.1 Å². The zero-order valence-corrected chi connectivity index (χ0v) is 11.5. The molecule has 0 radical (unpaired) electrons. The molecule has 2 amide bonds. The van der Waals surface area contributed by atoms with E-state index in [2.05, 4.69) is 10.6 Å². The van der Waals surface area contributed by atoms with Gasteiger partial charge in [0.25, 0.3) is 0 Å². The molecule has 19 heavy (non-hydrogen) atoms. The van der Waals surface area contributed by atoms with Crippen LogP contribution in [0.25, 0.3) is 0 Å². The van der Waals surface area contributed by atoms with Crippen LogP contribution in [-0.4, -0.2) is 23.8 Å². The Morgan fingerprint density at radius 2 is 2.11 bits per heavy atom. The molecule has 0 spiro atoms. The Labute approximate surface area is 113 Å². The molecule has 0 heterocycles. The fraction of sp³-hybridized carbons (Fsp3) is 0.500. The van der Waals surface area contributed by atoms with Crippen molar-refractivity contribution < 1.29 is 14.3 Å². The number of hydrogen-bond donors (Lipinski definition) is 3. The van der Waals surface area contributed by atoms with E-state index in [4.69, 9.17) is 0 Å². The first kappa shape index (κ1) is 15.4. The Kier molecular flexibility index (Phi) is 5.76. The smallest absolute Gasteiger partial charge is 0.319 e. The summed E-state index contributed by atoms with van der Waals surface area (Å²) in [7, 11) is 0. The number of carbonyl (C=O) groups excluding carboxylic acids is 1. The van der Waals surface area contributed by atoms with Crippen LogP contribution in [0, 0.1) is 18.7 Å². The molecule has 1 unspecified atom stereocenters. The van der Waals surface area contributed by atoms with Gasteiger partial charge in [-0.2, -0.15) is 0 Å². The van der Waals surface area contributed by atoms with Gasteiger partial charge in [-0.25, -0.2) is 9.18 Å². The zero-order chi connectivity index (χ0) is 14.4. The molecule has 0 fully saturated rings. The molecule has 0 saturated carbocycles. The van der Waals surface area contributed by atoms with Crippen molar-refractivity contribution >= 4 is 11.7 Å². The Morgan fingerprint density at radius 3 is 2.74 bits per heavy atom. The van der Waals surface area contributed by atoms with Crippen molar-refractivity contribution in [3.63, 3.8) is 0 Å². The SMILES string of the molecule is Cc1c(F)cccc1NC(=O)NCC(O)CC(C)C. The number of hydrogen-bond acceptors (Lipinski definition) is 2. The van der Waals surface area contributed by atoms with Crippen molar-refractivity contribution in [1.29, 1.82) is 0 Å². The van der Waals surface area contributed by atoms with Crippen LogP contribution >= 0.6 is 0 Å². The van der Waals surface area contributed by atoms with E-state index in [0.29, 0.717) is 23.6 Å². The highest BCUT2D eigenvalue weighted by Gasteiger charge is 2.10. The Bertz CT molecular complexity index is 435. The topological polar surface area (TPSA) is 61.4 Å². The van der Waals surface area contributed by atoms with Crippen LogP contribution in [0.15, 0.2) is 18.2 Å². The first-order valence-electron chi connectivity index (χ1n) is 6.38. The third-order valence-corrected chi connectivity index (χ3v) is 2.76. The summed E-state index contributed by atoms with van der Waals surface area (Å²) in [5, 5.41) is 14.7. The summed E-state index contributed by atoms with van der Waals surface area (Å²) in [6.07, 6.45) is 0.0542. The number of aliphatic hydroxyl groups excluding tert-OH is 1. The fourth-order valence-electron chi connectivity index (χ4n) is 1.75. The lowest BCUT2D eigenvalue weighted by Gasteiger charge is -2.15. The second-order valence-electron chi connectivity index (χ2n) is 5.03. The van der Waals surface area contributed by atoms with E-state index in [1.807, 2.05) is 13.8 Å². The number of amides is 2. The van der Waals surface area contributed by atoms with Crippen molar-refractivity contribution in [2.24, 2.45) is 5.92 Å². The lowest BCUT2D eigenvalue weighted by Crippen LogP contribution is -2.35. The van der Waals surface area contributed by atoms with Gasteiger partial charge in [0.15, 0.2) is 0 Å². The molecule has 0 aliphatic rings. The number of anilines is 1. The van der Waals surface area contributed by atoms with Crippen LogP contribution in [0.5, 0.6) is 0 Å². The molecule has 4 nitrogen and oxygen atoms in total. The first-order chi connectivity index (χ1) is 8.90. The summed E-state index contributed by atoms with van der Waals surface area (Å²) in [5.41, 5.74) is 0.816.